The van der Waals surface area contributed by atoms with E-state index in [-0.39, 0.29) is 5.89 Å². The second kappa shape index (κ2) is 6.91. The SMILES string of the molecule is CCc1cccc(-n2nnc(-c3nc(-c4ccc(OC)cc4)no3)c2N)c1. The van der Waals surface area contributed by atoms with Crippen LogP contribution < -0.4 is 10.5 Å². The van der Waals surface area contributed by atoms with Gasteiger partial charge in [-0.05, 0) is 48.4 Å². The molecule has 2 N–H and O–H groups in total. The number of nitrogens with zero attached hydrogens (tertiary/aromatic N) is 5. The van der Waals surface area contributed by atoms with Gasteiger partial charge in [0.2, 0.25) is 5.82 Å². The standard InChI is InChI=1S/C19H18N6O2/c1-3-12-5-4-6-14(11-12)25-17(20)16(22-24-25)19-21-18(23-27-19)13-7-9-15(26-2)10-8-13/h4-11H,3,20H2,1-2H3. The number of nitrogens with two attached hydrogens (primary N) is 1. The van der Waals surface area contributed by atoms with E-state index in [1.165, 1.54) is 5.56 Å². The highest BCUT2D eigenvalue weighted by Crippen LogP contribution is 2.27. The second-order valence-electron chi connectivity index (χ2n) is 5.91. The lowest BCUT2D eigenvalue weighted by Crippen LogP contribution is -2.02. The van der Waals surface area contributed by atoms with Gasteiger partial charge in [0.15, 0.2) is 11.5 Å². The van der Waals surface area contributed by atoms with Crippen molar-refractivity contribution < 1.29 is 9.26 Å². The first kappa shape index (κ1) is 16.8. The van der Waals surface area contributed by atoms with Gasteiger partial charge < -0.3 is 15.0 Å². The summed E-state index contributed by atoms with van der Waals surface area (Å²) < 4.78 is 12.1. The van der Waals surface area contributed by atoms with Crippen LogP contribution >= 0.6 is 0 Å². The summed E-state index contributed by atoms with van der Waals surface area (Å²) in [7, 11) is 1.61. The Hall–Kier alpha value is -3.68. The Morgan fingerprint density at radius 1 is 1.15 bits per heavy atom. The van der Waals surface area contributed by atoms with Crippen molar-refractivity contribution in [2.24, 2.45) is 0 Å². The number of aryl methyl sites for hydroxylation is 1. The molecule has 0 aliphatic rings. The molecular formula is C19H18N6O2. The van der Waals surface area contributed by atoms with E-state index in [1.54, 1.807) is 11.8 Å². The average molecular weight is 362 g/mol. The number of methoxy groups -OCH3 is 1. The zero-order valence-electron chi connectivity index (χ0n) is 15.0. The first-order valence-corrected chi connectivity index (χ1v) is 8.48. The largest absolute Gasteiger partial charge is 0.497 e. The fraction of sp³-hybridized carbons (Fsp3) is 0.158. The Morgan fingerprint density at radius 3 is 2.70 bits per heavy atom. The van der Waals surface area contributed by atoms with E-state index in [4.69, 9.17) is 15.0 Å². The van der Waals surface area contributed by atoms with Crippen LogP contribution in [0.2, 0.25) is 0 Å². The number of nitrogen functional groups attached to an aromatic ring is 1. The van der Waals surface area contributed by atoms with Crippen molar-refractivity contribution in [2.45, 2.75) is 13.3 Å². The number of hydrogen-bond donors (Lipinski definition) is 1. The lowest BCUT2D eigenvalue weighted by molar-refractivity contribution is 0.414. The average Bonchev–Trinajstić information content (AvgIpc) is 3.35. The molecule has 0 atom stereocenters. The van der Waals surface area contributed by atoms with Gasteiger partial charge in [0, 0.05) is 5.56 Å². The molecular weight excluding hydrogens is 344 g/mol. The van der Waals surface area contributed by atoms with Crippen LogP contribution in [0.25, 0.3) is 28.7 Å². The lowest BCUT2D eigenvalue weighted by atomic mass is 10.1. The summed E-state index contributed by atoms with van der Waals surface area (Å²) >= 11 is 0. The van der Waals surface area contributed by atoms with E-state index < -0.39 is 0 Å². The van der Waals surface area contributed by atoms with Crippen LogP contribution in [-0.4, -0.2) is 32.2 Å². The van der Waals surface area contributed by atoms with Crippen LogP contribution in [0.1, 0.15) is 12.5 Å². The van der Waals surface area contributed by atoms with Gasteiger partial charge in [-0.2, -0.15) is 9.67 Å². The van der Waals surface area contributed by atoms with Gasteiger partial charge in [-0.15, -0.1) is 5.10 Å². The fourth-order valence-electron chi connectivity index (χ4n) is 2.72. The highest BCUT2D eigenvalue weighted by Gasteiger charge is 2.20. The predicted octanol–water partition coefficient (Wildman–Crippen LogP) is 3.14. The molecule has 0 radical (unpaired) electrons. The van der Waals surface area contributed by atoms with Crippen molar-refractivity contribution in [1.29, 1.82) is 0 Å². The van der Waals surface area contributed by atoms with Gasteiger partial charge in [0.05, 0.1) is 12.8 Å². The van der Waals surface area contributed by atoms with Gasteiger partial charge >= 0.3 is 0 Å². The van der Waals surface area contributed by atoms with Crippen LogP contribution in [0.3, 0.4) is 0 Å². The predicted molar refractivity (Wildman–Crippen MR) is 100 cm³/mol. The van der Waals surface area contributed by atoms with Crippen molar-refractivity contribution in [1.82, 2.24) is 25.1 Å². The monoisotopic (exact) mass is 362 g/mol. The first-order chi connectivity index (χ1) is 13.2. The Labute approximate surface area is 155 Å². The number of aromatic nitrogens is 5. The van der Waals surface area contributed by atoms with Gasteiger partial charge in [-0.3, -0.25) is 0 Å². The van der Waals surface area contributed by atoms with Gasteiger partial charge in [0.25, 0.3) is 5.89 Å². The van der Waals surface area contributed by atoms with E-state index in [2.05, 4.69) is 33.4 Å². The molecule has 8 heteroatoms. The Morgan fingerprint density at radius 2 is 1.96 bits per heavy atom. The van der Waals surface area contributed by atoms with Crippen molar-refractivity contribution in [3.8, 4) is 34.4 Å². The maximum Gasteiger partial charge on any atom is 0.282 e. The van der Waals surface area contributed by atoms with Crippen LogP contribution in [0.5, 0.6) is 5.75 Å². The van der Waals surface area contributed by atoms with E-state index in [1.807, 2.05) is 42.5 Å². The Balaban J connectivity index is 1.66. The van der Waals surface area contributed by atoms with Crippen molar-refractivity contribution in [3.63, 3.8) is 0 Å². The molecule has 0 unspecified atom stereocenters. The summed E-state index contributed by atoms with van der Waals surface area (Å²) in [5.41, 5.74) is 9.41. The zero-order chi connectivity index (χ0) is 18.8. The molecule has 0 aliphatic carbocycles. The molecule has 0 fully saturated rings. The molecule has 4 aromatic rings. The van der Waals surface area contributed by atoms with E-state index >= 15 is 0 Å². The van der Waals surface area contributed by atoms with Gasteiger partial charge in [-0.1, -0.05) is 29.4 Å². The van der Waals surface area contributed by atoms with E-state index in [0.717, 1.165) is 23.4 Å². The highest BCUT2D eigenvalue weighted by molar-refractivity contribution is 5.66. The minimum atomic E-state index is 0.219. The third-order valence-electron chi connectivity index (χ3n) is 4.25. The van der Waals surface area contributed by atoms with E-state index in [0.29, 0.717) is 17.3 Å². The first-order valence-electron chi connectivity index (χ1n) is 8.48. The summed E-state index contributed by atoms with van der Waals surface area (Å²) in [6.45, 7) is 2.09. The van der Waals surface area contributed by atoms with Crippen LogP contribution in [0.4, 0.5) is 5.82 Å². The summed E-state index contributed by atoms with van der Waals surface area (Å²) in [6, 6.07) is 15.3. The molecule has 0 saturated heterocycles. The summed E-state index contributed by atoms with van der Waals surface area (Å²) in [5, 5.41) is 12.3. The molecule has 2 aromatic carbocycles. The Kier molecular flexibility index (Phi) is 4.29. The third kappa shape index (κ3) is 3.12. The summed E-state index contributed by atoms with van der Waals surface area (Å²) in [5.74, 6) is 1.75. The van der Waals surface area contributed by atoms with Gasteiger partial charge in [0.1, 0.15) is 5.75 Å². The molecule has 0 amide bonds. The molecule has 0 bridgehead atoms. The second-order valence-corrected chi connectivity index (χ2v) is 5.91. The number of benzene rings is 2. The summed E-state index contributed by atoms with van der Waals surface area (Å²) in [6.07, 6.45) is 0.921. The molecule has 136 valence electrons. The maximum absolute atomic E-state index is 6.24. The summed E-state index contributed by atoms with van der Waals surface area (Å²) in [4.78, 5) is 4.39. The molecule has 0 aliphatic heterocycles. The van der Waals surface area contributed by atoms with Crippen LogP contribution in [-0.2, 0) is 6.42 Å². The van der Waals surface area contributed by atoms with Gasteiger partial charge in [-0.25, -0.2) is 0 Å². The Bertz CT molecular complexity index is 1070. The number of rotatable bonds is 5. The third-order valence-corrected chi connectivity index (χ3v) is 4.25. The topological polar surface area (TPSA) is 105 Å². The molecule has 2 aromatic heterocycles. The molecule has 2 heterocycles. The van der Waals surface area contributed by atoms with Crippen molar-refractivity contribution in [2.75, 3.05) is 12.8 Å². The number of ether oxygens (including phenoxy) is 1. The normalized spacial score (nSPS) is 10.9. The molecule has 27 heavy (non-hydrogen) atoms. The maximum atomic E-state index is 6.24. The van der Waals surface area contributed by atoms with Crippen molar-refractivity contribution >= 4 is 5.82 Å². The van der Waals surface area contributed by atoms with Crippen LogP contribution in [0, 0.1) is 0 Å². The molecule has 8 nitrogen and oxygen atoms in total. The zero-order valence-corrected chi connectivity index (χ0v) is 15.0. The number of anilines is 1. The van der Waals surface area contributed by atoms with E-state index in [9.17, 15) is 0 Å². The van der Waals surface area contributed by atoms with Crippen LogP contribution in [0.15, 0.2) is 53.1 Å². The number of hydrogen-bond acceptors (Lipinski definition) is 7. The van der Waals surface area contributed by atoms with Crippen molar-refractivity contribution in [3.05, 3.63) is 54.1 Å². The fourth-order valence-corrected chi connectivity index (χ4v) is 2.72. The smallest absolute Gasteiger partial charge is 0.282 e. The lowest BCUT2D eigenvalue weighted by Gasteiger charge is -2.04. The quantitative estimate of drug-likeness (QED) is 0.581. The molecule has 0 saturated carbocycles. The minimum absolute atomic E-state index is 0.219. The molecule has 4 rings (SSSR count). The highest BCUT2D eigenvalue weighted by atomic mass is 16.5. The molecule has 0 spiro atoms. The minimum Gasteiger partial charge on any atom is -0.497 e.